The Morgan fingerprint density at radius 1 is 1.27 bits per heavy atom. The highest BCUT2D eigenvalue weighted by Gasteiger charge is 2.06. The van der Waals surface area contributed by atoms with Gasteiger partial charge in [-0.1, -0.05) is 30.9 Å². The zero-order valence-electron chi connectivity index (χ0n) is 14.7. The standard InChI is InChI=1S/C19H23N5O2/c1-3-11-26-17-9-5-4-7-15(17)12-22-19(20-2)23-14-18(25)24-16-8-6-10-21-13-16/h3-10,13H,1,11-12,14H2,2H3,(H,24,25)(H2,20,22,23). The predicted molar refractivity (Wildman–Crippen MR) is 103 cm³/mol. The molecule has 0 bridgehead atoms. The monoisotopic (exact) mass is 353 g/mol. The van der Waals surface area contributed by atoms with E-state index in [1.54, 1.807) is 37.7 Å². The lowest BCUT2D eigenvalue weighted by Crippen LogP contribution is -2.41. The normalized spacial score (nSPS) is 10.7. The second-order valence-corrected chi connectivity index (χ2v) is 5.28. The summed E-state index contributed by atoms with van der Waals surface area (Å²) in [6.07, 6.45) is 4.94. The van der Waals surface area contributed by atoms with Gasteiger partial charge < -0.3 is 20.7 Å². The molecule has 2 aromatic rings. The Labute approximate surface area is 153 Å². The van der Waals surface area contributed by atoms with Gasteiger partial charge in [-0.3, -0.25) is 14.8 Å². The van der Waals surface area contributed by atoms with Crippen molar-refractivity contribution < 1.29 is 9.53 Å². The van der Waals surface area contributed by atoms with E-state index in [1.807, 2.05) is 24.3 Å². The number of carbonyl (C=O) groups is 1. The SMILES string of the molecule is C=CCOc1ccccc1CNC(=NC)NCC(=O)Nc1cccnc1. The van der Waals surface area contributed by atoms with Gasteiger partial charge in [-0.2, -0.15) is 0 Å². The molecule has 0 atom stereocenters. The minimum absolute atomic E-state index is 0.0865. The average Bonchev–Trinajstić information content (AvgIpc) is 2.68. The molecule has 0 radical (unpaired) electrons. The van der Waals surface area contributed by atoms with E-state index >= 15 is 0 Å². The van der Waals surface area contributed by atoms with E-state index in [0.29, 0.717) is 24.8 Å². The number of guanidine groups is 1. The zero-order chi connectivity index (χ0) is 18.6. The van der Waals surface area contributed by atoms with E-state index in [4.69, 9.17) is 4.74 Å². The number of ether oxygens (including phenoxy) is 1. The number of aliphatic imine (C=N–C) groups is 1. The van der Waals surface area contributed by atoms with Crippen LogP contribution in [0.5, 0.6) is 5.75 Å². The number of pyridine rings is 1. The fourth-order valence-corrected chi connectivity index (χ4v) is 2.14. The molecule has 7 nitrogen and oxygen atoms in total. The van der Waals surface area contributed by atoms with Gasteiger partial charge in [0.25, 0.3) is 0 Å². The van der Waals surface area contributed by atoms with E-state index in [-0.39, 0.29) is 12.5 Å². The van der Waals surface area contributed by atoms with Crippen LogP contribution in [-0.2, 0) is 11.3 Å². The molecule has 0 aliphatic rings. The molecule has 0 unspecified atom stereocenters. The molecule has 7 heteroatoms. The predicted octanol–water partition coefficient (Wildman–Crippen LogP) is 1.95. The smallest absolute Gasteiger partial charge is 0.243 e. The Balaban J connectivity index is 1.83. The maximum Gasteiger partial charge on any atom is 0.243 e. The number of carbonyl (C=O) groups excluding carboxylic acids is 1. The lowest BCUT2D eigenvalue weighted by atomic mass is 10.2. The lowest BCUT2D eigenvalue weighted by molar-refractivity contribution is -0.115. The summed E-state index contributed by atoms with van der Waals surface area (Å²) in [5, 5.41) is 8.89. The maximum absolute atomic E-state index is 12.0. The van der Waals surface area contributed by atoms with E-state index in [9.17, 15) is 4.79 Å². The third-order valence-electron chi connectivity index (χ3n) is 3.36. The van der Waals surface area contributed by atoms with Crippen LogP contribution in [0.4, 0.5) is 5.69 Å². The molecule has 0 spiro atoms. The summed E-state index contributed by atoms with van der Waals surface area (Å²) in [4.78, 5) is 20.0. The van der Waals surface area contributed by atoms with Gasteiger partial charge in [-0.25, -0.2) is 0 Å². The first-order valence-corrected chi connectivity index (χ1v) is 8.19. The summed E-state index contributed by atoms with van der Waals surface area (Å²) in [5.41, 5.74) is 1.63. The van der Waals surface area contributed by atoms with Crippen molar-refractivity contribution in [2.24, 2.45) is 4.99 Å². The Morgan fingerprint density at radius 2 is 2.12 bits per heavy atom. The first kappa shape index (κ1) is 19.0. The fraction of sp³-hybridized carbons (Fsp3) is 0.211. The second kappa shape index (κ2) is 10.5. The zero-order valence-corrected chi connectivity index (χ0v) is 14.7. The summed E-state index contributed by atoms with van der Waals surface area (Å²) in [7, 11) is 1.65. The molecule has 1 amide bonds. The number of nitrogens with one attached hydrogen (secondary N) is 3. The molecule has 136 valence electrons. The van der Waals surface area contributed by atoms with Crippen molar-refractivity contribution in [2.45, 2.75) is 6.54 Å². The maximum atomic E-state index is 12.0. The number of rotatable bonds is 8. The summed E-state index contributed by atoms with van der Waals surface area (Å²) in [6, 6.07) is 11.3. The molecular formula is C19H23N5O2. The number of benzene rings is 1. The second-order valence-electron chi connectivity index (χ2n) is 5.28. The first-order valence-electron chi connectivity index (χ1n) is 8.19. The van der Waals surface area contributed by atoms with E-state index in [1.165, 1.54) is 0 Å². The van der Waals surface area contributed by atoms with Gasteiger partial charge >= 0.3 is 0 Å². The average molecular weight is 353 g/mol. The fourth-order valence-electron chi connectivity index (χ4n) is 2.14. The quantitative estimate of drug-likeness (QED) is 0.384. The molecule has 26 heavy (non-hydrogen) atoms. The van der Waals surface area contributed by atoms with Crippen molar-refractivity contribution in [3.63, 3.8) is 0 Å². The van der Waals surface area contributed by atoms with Gasteiger partial charge in [0.1, 0.15) is 12.4 Å². The number of para-hydroxylation sites is 1. The summed E-state index contributed by atoms with van der Waals surface area (Å²) in [6.45, 7) is 4.69. The molecule has 0 fully saturated rings. The Morgan fingerprint density at radius 3 is 2.85 bits per heavy atom. The van der Waals surface area contributed by atoms with Gasteiger partial charge in [0.2, 0.25) is 5.91 Å². The van der Waals surface area contributed by atoms with Crippen molar-refractivity contribution in [3.05, 3.63) is 67.0 Å². The van der Waals surface area contributed by atoms with Gasteiger partial charge in [-0.15, -0.1) is 0 Å². The highest BCUT2D eigenvalue weighted by atomic mass is 16.5. The van der Waals surface area contributed by atoms with E-state index in [0.717, 1.165) is 11.3 Å². The van der Waals surface area contributed by atoms with Crippen molar-refractivity contribution in [2.75, 3.05) is 25.5 Å². The minimum Gasteiger partial charge on any atom is -0.489 e. The molecule has 3 N–H and O–H groups in total. The van der Waals surface area contributed by atoms with Crippen molar-refractivity contribution >= 4 is 17.6 Å². The molecule has 0 aliphatic carbocycles. The van der Waals surface area contributed by atoms with Crippen molar-refractivity contribution in [1.82, 2.24) is 15.6 Å². The van der Waals surface area contributed by atoms with Crippen molar-refractivity contribution in [1.29, 1.82) is 0 Å². The van der Waals surface area contributed by atoms with Crippen LogP contribution in [0.3, 0.4) is 0 Å². The Hall–Kier alpha value is -3.35. The topological polar surface area (TPSA) is 87.6 Å². The van der Waals surface area contributed by atoms with Crippen molar-refractivity contribution in [3.8, 4) is 5.75 Å². The highest BCUT2D eigenvalue weighted by Crippen LogP contribution is 2.17. The Bertz CT molecular complexity index is 747. The summed E-state index contributed by atoms with van der Waals surface area (Å²) >= 11 is 0. The molecule has 1 heterocycles. The minimum atomic E-state index is -0.185. The van der Waals surface area contributed by atoms with Crippen LogP contribution in [0.2, 0.25) is 0 Å². The summed E-state index contributed by atoms with van der Waals surface area (Å²) < 4.78 is 5.63. The third-order valence-corrected chi connectivity index (χ3v) is 3.36. The van der Waals surface area contributed by atoms with Gasteiger partial charge in [0.15, 0.2) is 5.96 Å². The number of aromatic nitrogens is 1. The van der Waals surface area contributed by atoms with E-state index in [2.05, 4.69) is 32.5 Å². The Kier molecular flexibility index (Phi) is 7.67. The number of amides is 1. The van der Waals surface area contributed by atoms with Crippen LogP contribution in [0.15, 0.2) is 66.4 Å². The van der Waals surface area contributed by atoms with E-state index < -0.39 is 0 Å². The molecule has 1 aromatic heterocycles. The molecule has 0 aliphatic heterocycles. The summed E-state index contributed by atoms with van der Waals surface area (Å²) in [5.74, 6) is 1.12. The molecule has 0 saturated carbocycles. The molecular weight excluding hydrogens is 330 g/mol. The van der Waals surface area contributed by atoms with Gasteiger partial charge in [-0.05, 0) is 18.2 Å². The van der Waals surface area contributed by atoms with Crippen LogP contribution in [0, 0.1) is 0 Å². The largest absolute Gasteiger partial charge is 0.489 e. The molecule has 1 aromatic carbocycles. The van der Waals surface area contributed by atoms with Crippen LogP contribution >= 0.6 is 0 Å². The molecule has 0 saturated heterocycles. The van der Waals surface area contributed by atoms with Crippen LogP contribution in [-0.4, -0.2) is 37.1 Å². The third kappa shape index (κ3) is 6.27. The number of hydrogen-bond donors (Lipinski definition) is 3. The number of hydrogen-bond acceptors (Lipinski definition) is 4. The van der Waals surface area contributed by atoms with Crippen LogP contribution in [0.25, 0.3) is 0 Å². The van der Waals surface area contributed by atoms with Crippen LogP contribution < -0.4 is 20.7 Å². The first-order chi connectivity index (χ1) is 12.7. The molecule has 2 rings (SSSR count). The van der Waals surface area contributed by atoms with Gasteiger partial charge in [0, 0.05) is 25.4 Å². The number of nitrogens with zero attached hydrogens (tertiary/aromatic N) is 2. The van der Waals surface area contributed by atoms with Crippen LogP contribution in [0.1, 0.15) is 5.56 Å². The number of anilines is 1. The highest BCUT2D eigenvalue weighted by molar-refractivity contribution is 5.94. The van der Waals surface area contributed by atoms with Gasteiger partial charge in [0.05, 0.1) is 18.4 Å². The lowest BCUT2D eigenvalue weighted by Gasteiger charge is -2.14.